The molecule has 31 heavy (non-hydrogen) atoms. The van der Waals surface area contributed by atoms with Crippen molar-refractivity contribution in [1.82, 2.24) is 0 Å². The van der Waals surface area contributed by atoms with E-state index in [4.69, 9.17) is 0 Å². The number of azo groups is 1. The molecule has 3 nitrogen and oxygen atoms in total. The first kappa shape index (κ1) is 25.1. The van der Waals surface area contributed by atoms with E-state index in [1.54, 1.807) is 24.3 Å². The van der Waals surface area contributed by atoms with E-state index >= 15 is 0 Å². The van der Waals surface area contributed by atoms with E-state index < -0.39 is 0 Å². The molecule has 0 amide bonds. The molecular formula is C28H42N2O. The lowest BCUT2D eigenvalue weighted by atomic mass is 10.0. The second kappa shape index (κ2) is 16.5. The number of rotatable bonds is 17. The maximum absolute atomic E-state index is 9.30. The normalized spacial score (nSPS) is 11.4. The lowest BCUT2D eigenvalue weighted by Gasteiger charge is -2.04. The molecule has 2 aromatic rings. The first-order chi connectivity index (χ1) is 15.3. The molecule has 0 aliphatic carbocycles. The summed E-state index contributed by atoms with van der Waals surface area (Å²) in [7, 11) is 0. The summed E-state index contributed by atoms with van der Waals surface area (Å²) < 4.78 is 0. The summed E-state index contributed by atoms with van der Waals surface area (Å²) in [5.74, 6) is 0.242. The van der Waals surface area contributed by atoms with Crippen LogP contribution in [0.15, 0.2) is 58.8 Å². The molecule has 2 rings (SSSR count). The van der Waals surface area contributed by atoms with Crippen LogP contribution in [-0.4, -0.2) is 5.11 Å². The summed E-state index contributed by atoms with van der Waals surface area (Å²) in [6.07, 6.45) is 20.8. The molecule has 1 N–H and O–H groups in total. The monoisotopic (exact) mass is 422 g/mol. The van der Waals surface area contributed by atoms with Crippen LogP contribution < -0.4 is 0 Å². The summed E-state index contributed by atoms with van der Waals surface area (Å²) in [6, 6.07) is 15.1. The highest BCUT2D eigenvalue weighted by molar-refractivity contribution is 5.42. The highest BCUT2D eigenvalue weighted by Crippen LogP contribution is 2.21. The molecule has 0 aliphatic rings. The first-order valence-electron chi connectivity index (χ1n) is 12.6. The van der Waals surface area contributed by atoms with Gasteiger partial charge in [-0.1, -0.05) is 103 Å². The van der Waals surface area contributed by atoms with Gasteiger partial charge in [0.05, 0.1) is 11.4 Å². The average molecular weight is 423 g/mol. The molecule has 0 aromatic heterocycles. The standard InChI is InChI=1S/C28H42N2O/c1-2-3-4-5-6-7-8-9-10-11-12-13-14-15-16-25-17-19-26(20-18-25)29-30-27-21-23-28(31)24-22-27/h17-24,31H,2-16H2,1H3. The van der Waals surface area contributed by atoms with Crippen LogP contribution in [0.1, 0.15) is 102 Å². The van der Waals surface area contributed by atoms with Crippen molar-refractivity contribution in [2.24, 2.45) is 10.2 Å². The van der Waals surface area contributed by atoms with Crippen molar-refractivity contribution in [1.29, 1.82) is 0 Å². The molecule has 0 saturated heterocycles. The van der Waals surface area contributed by atoms with Crippen molar-refractivity contribution in [2.75, 3.05) is 0 Å². The second-order valence-corrected chi connectivity index (χ2v) is 8.73. The molecule has 3 heteroatoms. The molecule has 0 radical (unpaired) electrons. The zero-order valence-corrected chi connectivity index (χ0v) is 19.6. The van der Waals surface area contributed by atoms with Crippen LogP contribution in [0.4, 0.5) is 11.4 Å². The van der Waals surface area contributed by atoms with Gasteiger partial charge in [0, 0.05) is 0 Å². The smallest absolute Gasteiger partial charge is 0.115 e. The number of aromatic hydroxyl groups is 1. The lowest BCUT2D eigenvalue weighted by Crippen LogP contribution is -1.86. The minimum absolute atomic E-state index is 0.242. The number of phenols is 1. The second-order valence-electron chi connectivity index (χ2n) is 8.73. The third kappa shape index (κ3) is 12.3. The van der Waals surface area contributed by atoms with Gasteiger partial charge in [-0.2, -0.15) is 10.2 Å². The number of unbranched alkanes of at least 4 members (excludes halogenated alkanes) is 13. The first-order valence-corrected chi connectivity index (χ1v) is 12.6. The molecule has 0 heterocycles. The summed E-state index contributed by atoms with van der Waals surface area (Å²) in [5, 5.41) is 17.8. The van der Waals surface area contributed by atoms with Crippen LogP contribution in [0.3, 0.4) is 0 Å². The topological polar surface area (TPSA) is 45.0 Å². The van der Waals surface area contributed by atoms with E-state index in [1.165, 1.54) is 95.5 Å². The fourth-order valence-electron chi connectivity index (χ4n) is 3.89. The number of phenolic OH excluding ortho intramolecular Hbond substituents is 1. The van der Waals surface area contributed by atoms with Crippen LogP contribution in [0, 0.1) is 0 Å². The highest BCUT2D eigenvalue weighted by atomic mass is 16.3. The summed E-state index contributed by atoms with van der Waals surface area (Å²) in [6.45, 7) is 2.29. The minimum atomic E-state index is 0.242. The number of nitrogens with zero attached hydrogens (tertiary/aromatic N) is 2. The Morgan fingerprint density at radius 3 is 1.35 bits per heavy atom. The number of aryl methyl sites for hydroxylation is 1. The van der Waals surface area contributed by atoms with Crippen molar-refractivity contribution in [3.05, 3.63) is 54.1 Å². The Hall–Kier alpha value is -2.16. The Morgan fingerprint density at radius 2 is 0.903 bits per heavy atom. The molecule has 170 valence electrons. The predicted octanol–water partition coefficient (Wildman–Crippen LogP) is 9.83. The number of benzene rings is 2. The van der Waals surface area contributed by atoms with Gasteiger partial charge in [-0.3, -0.25) is 0 Å². The van der Waals surface area contributed by atoms with Crippen LogP contribution in [-0.2, 0) is 6.42 Å². The Balaban J connectivity index is 1.45. The Bertz CT molecular complexity index is 707. The van der Waals surface area contributed by atoms with Gasteiger partial charge in [-0.05, 0) is 54.8 Å². The summed E-state index contributed by atoms with van der Waals surface area (Å²) in [5.41, 5.74) is 2.98. The third-order valence-electron chi connectivity index (χ3n) is 5.89. The Morgan fingerprint density at radius 1 is 0.516 bits per heavy atom. The van der Waals surface area contributed by atoms with Crippen molar-refractivity contribution in [3.63, 3.8) is 0 Å². The van der Waals surface area contributed by atoms with Gasteiger partial charge in [0.25, 0.3) is 0 Å². The van der Waals surface area contributed by atoms with Gasteiger partial charge < -0.3 is 5.11 Å². The van der Waals surface area contributed by atoms with E-state index in [9.17, 15) is 5.11 Å². The van der Waals surface area contributed by atoms with Crippen molar-refractivity contribution in [2.45, 2.75) is 103 Å². The van der Waals surface area contributed by atoms with E-state index in [0.29, 0.717) is 0 Å². The highest BCUT2D eigenvalue weighted by Gasteiger charge is 1.97. The van der Waals surface area contributed by atoms with Crippen molar-refractivity contribution < 1.29 is 5.11 Å². The maximum Gasteiger partial charge on any atom is 0.115 e. The maximum atomic E-state index is 9.30. The third-order valence-corrected chi connectivity index (χ3v) is 5.89. The fraction of sp³-hybridized carbons (Fsp3) is 0.571. The largest absolute Gasteiger partial charge is 0.508 e. The van der Waals surface area contributed by atoms with Gasteiger partial charge in [0.1, 0.15) is 5.75 Å². The van der Waals surface area contributed by atoms with Gasteiger partial charge in [0.15, 0.2) is 0 Å². The molecule has 0 atom stereocenters. The zero-order chi connectivity index (χ0) is 22.0. The molecule has 0 fully saturated rings. The zero-order valence-electron chi connectivity index (χ0n) is 19.6. The fourth-order valence-corrected chi connectivity index (χ4v) is 3.89. The molecule has 0 spiro atoms. The van der Waals surface area contributed by atoms with Gasteiger partial charge in [-0.25, -0.2) is 0 Å². The predicted molar refractivity (Wildman–Crippen MR) is 133 cm³/mol. The number of hydrogen-bond acceptors (Lipinski definition) is 3. The quantitative estimate of drug-likeness (QED) is 0.200. The molecule has 0 saturated carbocycles. The van der Waals surface area contributed by atoms with Crippen LogP contribution in [0.5, 0.6) is 5.75 Å². The Kier molecular flexibility index (Phi) is 13.4. The minimum Gasteiger partial charge on any atom is -0.508 e. The SMILES string of the molecule is CCCCCCCCCCCCCCCCc1ccc(N=Nc2ccc(O)cc2)cc1. The average Bonchev–Trinajstić information content (AvgIpc) is 2.80. The molecular weight excluding hydrogens is 380 g/mol. The molecule has 0 aliphatic heterocycles. The van der Waals surface area contributed by atoms with E-state index in [2.05, 4.69) is 29.3 Å². The van der Waals surface area contributed by atoms with Crippen molar-refractivity contribution >= 4 is 11.4 Å². The van der Waals surface area contributed by atoms with E-state index in [1.807, 2.05) is 12.1 Å². The van der Waals surface area contributed by atoms with Crippen LogP contribution in [0.25, 0.3) is 0 Å². The lowest BCUT2D eigenvalue weighted by molar-refractivity contribution is 0.475. The molecule has 0 bridgehead atoms. The number of hydrogen-bond donors (Lipinski definition) is 1. The summed E-state index contributed by atoms with van der Waals surface area (Å²) >= 11 is 0. The molecule has 2 aromatic carbocycles. The van der Waals surface area contributed by atoms with Crippen LogP contribution in [0.2, 0.25) is 0 Å². The summed E-state index contributed by atoms with van der Waals surface area (Å²) in [4.78, 5) is 0. The van der Waals surface area contributed by atoms with Crippen molar-refractivity contribution in [3.8, 4) is 5.75 Å². The van der Waals surface area contributed by atoms with Gasteiger partial charge in [-0.15, -0.1) is 0 Å². The van der Waals surface area contributed by atoms with E-state index in [0.717, 1.165) is 17.8 Å². The van der Waals surface area contributed by atoms with Crippen LogP contribution >= 0.6 is 0 Å². The van der Waals surface area contributed by atoms with Gasteiger partial charge in [0.2, 0.25) is 0 Å². The van der Waals surface area contributed by atoms with Gasteiger partial charge >= 0.3 is 0 Å². The molecule has 0 unspecified atom stereocenters. The Labute approximate surface area is 190 Å². The van der Waals surface area contributed by atoms with E-state index in [-0.39, 0.29) is 5.75 Å².